The standard InChI is InChI=1S/C18H22F2N2O3/c1-16(10-18(19,20)11-16)14(23)22-13(12-5-3-2-4-6-12)9-21-15(24)17(25)7-8-17/h2-6,13,25H,7-11H2,1H3,(H,21,24)(H,22,23). The van der Waals surface area contributed by atoms with Crippen molar-refractivity contribution >= 4 is 11.8 Å². The molecule has 1 aromatic carbocycles. The van der Waals surface area contributed by atoms with Crippen molar-refractivity contribution in [3.63, 3.8) is 0 Å². The predicted molar refractivity (Wildman–Crippen MR) is 86.8 cm³/mol. The molecule has 3 rings (SSSR count). The molecule has 0 bridgehead atoms. The first kappa shape index (κ1) is 17.8. The van der Waals surface area contributed by atoms with E-state index >= 15 is 0 Å². The lowest BCUT2D eigenvalue weighted by Gasteiger charge is -2.43. The Hall–Kier alpha value is -2.02. The largest absolute Gasteiger partial charge is 0.380 e. The zero-order valence-electron chi connectivity index (χ0n) is 14.0. The molecule has 7 heteroatoms. The Kier molecular flexibility index (Phi) is 4.31. The van der Waals surface area contributed by atoms with Gasteiger partial charge in [-0.2, -0.15) is 0 Å². The Balaban J connectivity index is 1.66. The van der Waals surface area contributed by atoms with E-state index in [1.807, 2.05) is 6.07 Å². The zero-order chi connectivity index (χ0) is 18.3. The highest BCUT2D eigenvalue weighted by Gasteiger charge is 2.58. The molecule has 3 N–H and O–H groups in total. The monoisotopic (exact) mass is 352 g/mol. The van der Waals surface area contributed by atoms with Crippen LogP contribution in [0.1, 0.15) is 44.2 Å². The highest BCUT2D eigenvalue weighted by molar-refractivity contribution is 5.88. The van der Waals surface area contributed by atoms with Crippen molar-refractivity contribution in [1.29, 1.82) is 0 Å². The van der Waals surface area contributed by atoms with Crippen LogP contribution < -0.4 is 10.6 Å². The SMILES string of the molecule is CC1(C(=O)NC(CNC(=O)C2(O)CC2)c2ccccc2)CC(F)(F)C1. The van der Waals surface area contributed by atoms with E-state index in [-0.39, 0.29) is 6.54 Å². The van der Waals surface area contributed by atoms with Gasteiger partial charge in [-0.05, 0) is 18.4 Å². The van der Waals surface area contributed by atoms with Crippen molar-refractivity contribution in [2.45, 2.75) is 50.2 Å². The Bertz CT molecular complexity index is 666. The molecule has 0 heterocycles. The normalized spacial score (nSPS) is 23.0. The van der Waals surface area contributed by atoms with Crippen LogP contribution in [0.25, 0.3) is 0 Å². The van der Waals surface area contributed by atoms with E-state index in [4.69, 9.17) is 0 Å². The van der Waals surface area contributed by atoms with Crippen molar-refractivity contribution in [3.05, 3.63) is 35.9 Å². The molecule has 2 saturated carbocycles. The Morgan fingerprint density at radius 2 is 1.76 bits per heavy atom. The first-order valence-electron chi connectivity index (χ1n) is 8.38. The number of halogens is 2. The van der Waals surface area contributed by atoms with Crippen LogP contribution >= 0.6 is 0 Å². The maximum atomic E-state index is 13.2. The smallest absolute Gasteiger partial charge is 0.252 e. The van der Waals surface area contributed by atoms with Crippen molar-refractivity contribution in [2.24, 2.45) is 5.41 Å². The minimum Gasteiger partial charge on any atom is -0.380 e. The maximum absolute atomic E-state index is 13.2. The van der Waals surface area contributed by atoms with Crippen LogP contribution in [0.15, 0.2) is 30.3 Å². The summed E-state index contributed by atoms with van der Waals surface area (Å²) in [5, 5.41) is 15.2. The van der Waals surface area contributed by atoms with Gasteiger partial charge in [-0.1, -0.05) is 37.3 Å². The summed E-state index contributed by atoms with van der Waals surface area (Å²) in [5.74, 6) is -3.71. The average Bonchev–Trinajstić information content (AvgIpc) is 3.28. The van der Waals surface area contributed by atoms with Crippen LogP contribution in [0.5, 0.6) is 0 Å². The number of nitrogens with one attached hydrogen (secondary N) is 2. The second-order valence-electron chi connectivity index (χ2n) is 7.45. The third-order valence-corrected chi connectivity index (χ3v) is 4.97. The van der Waals surface area contributed by atoms with Gasteiger partial charge in [0.2, 0.25) is 11.8 Å². The van der Waals surface area contributed by atoms with Gasteiger partial charge in [0.25, 0.3) is 5.91 Å². The molecular formula is C18H22F2N2O3. The van der Waals surface area contributed by atoms with E-state index in [0.29, 0.717) is 12.8 Å². The summed E-state index contributed by atoms with van der Waals surface area (Å²) >= 11 is 0. The molecular weight excluding hydrogens is 330 g/mol. The Morgan fingerprint density at radius 1 is 1.16 bits per heavy atom. The molecule has 1 unspecified atom stereocenters. The molecule has 0 aromatic heterocycles. The molecule has 5 nitrogen and oxygen atoms in total. The van der Waals surface area contributed by atoms with E-state index in [2.05, 4.69) is 10.6 Å². The lowest BCUT2D eigenvalue weighted by atomic mass is 9.66. The van der Waals surface area contributed by atoms with E-state index in [1.54, 1.807) is 24.3 Å². The van der Waals surface area contributed by atoms with Gasteiger partial charge in [-0.25, -0.2) is 8.78 Å². The van der Waals surface area contributed by atoms with Crippen LogP contribution in [0, 0.1) is 5.41 Å². The minimum absolute atomic E-state index is 0.0867. The van der Waals surface area contributed by atoms with Crippen LogP contribution in [0.3, 0.4) is 0 Å². The number of benzene rings is 1. The van der Waals surface area contributed by atoms with E-state index in [0.717, 1.165) is 5.56 Å². The molecule has 2 aliphatic rings. The van der Waals surface area contributed by atoms with Gasteiger partial charge in [0, 0.05) is 19.4 Å². The summed E-state index contributed by atoms with van der Waals surface area (Å²) < 4.78 is 26.4. The molecule has 2 fully saturated rings. The Labute approximate surface area is 144 Å². The topological polar surface area (TPSA) is 78.4 Å². The quantitative estimate of drug-likeness (QED) is 0.732. The fraction of sp³-hybridized carbons (Fsp3) is 0.556. The maximum Gasteiger partial charge on any atom is 0.252 e. The molecule has 2 amide bonds. The van der Waals surface area contributed by atoms with Crippen molar-refractivity contribution in [1.82, 2.24) is 10.6 Å². The summed E-state index contributed by atoms with van der Waals surface area (Å²) in [5.41, 5.74) is -1.64. The number of carbonyl (C=O) groups excluding carboxylic acids is 2. The van der Waals surface area contributed by atoms with Crippen molar-refractivity contribution in [3.8, 4) is 0 Å². The lowest BCUT2D eigenvalue weighted by molar-refractivity contribution is -0.175. The summed E-state index contributed by atoms with van der Waals surface area (Å²) in [6.07, 6.45) is -0.0956. The fourth-order valence-electron chi connectivity index (χ4n) is 3.23. The van der Waals surface area contributed by atoms with Gasteiger partial charge in [-0.15, -0.1) is 0 Å². The summed E-state index contributed by atoms with van der Waals surface area (Å²) in [4.78, 5) is 24.4. The fourth-order valence-corrected chi connectivity index (χ4v) is 3.23. The van der Waals surface area contributed by atoms with Gasteiger partial charge >= 0.3 is 0 Å². The molecule has 1 atom stereocenters. The van der Waals surface area contributed by atoms with Crippen molar-refractivity contribution < 1.29 is 23.5 Å². The number of carbonyl (C=O) groups is 2. The minimum atomic E-state index is -2.79. The third-order valence-electron chi connectivity index (χ3n) is 4.97. The molecule has 0 saturated heterocycles. The van der Waals surface area contributed by atoms with Crippen LogP contribution in [-0.2, 0) is 9.59 Å². The lowest BCUT2D eigenvalue weighted by Crippen LogP contribution is -2.54. The predicted octanol–water partition coefficient (Wildman–Crippen LogP) is 1.92. The molecule has 0 spiro atoms. The highest BCUT2D eigenvalue weighted by atomic mass is 19.3. The summed E-state index contributed by atoms with van der Waals surface area (Å²) in [6, 6.07) is 8.45. The molecule has 0 radical (unpaired) electrons. The molecule has 1 aromatic rings. The molecule has 2 aliphatic carbocycles. The van der Waals surface area contributed by atoms with Crippen LogP contribution in [0.4, 0.5) is 8.78 Å². The van der Waals surface area contributed by atoms with Gasteiger partial charge < -0.3 is 15.7 Å². The molecule has 0 aliphatic heterocycles. The van der Waals surface area contributed by atoms with Gasteiger partial charge in [0.1, 0.15) is 5.60 Å². The number of hydrogen-bond donors (Lipinski definition) is 3. The van der Waals surface area contributed by atoms with E-state index < -0.39 is 47.6 Å². The van der Waals surface area contributed by atoms with E-state index in [1.165, 1.54) is 6.92 Å². The first-order chi connectivity index (χ1) is 11.6. The second kappa shape index (κ2) is 6.05. The Morgan fingerprint density at radius 3 is 2.28 bits per heavy atom. The zero-order valence-corrected chi connectivity index (χ0v) is 14.0. The molecule has 25 heavy (non-hydrogen) atoms. The average molecular weight is 352 g/mol. The second-order valence-corrected chi connectivity index (χ2v) is 7.45. The number of rotatable bonds is 6. The summed E-state index contributed by atoms with van der Waals surface area (Å²) in [7, 11) is 0. The van der Waals surface area contributed by atoms with Crippen LogP contribution in [-0.4, -0.2) is 35.0 Å². The van der Waals surface area contributed by atoms with Crippen LogP contribution in [0.2, 0.25) is 0 Å². The summed E-state index contributed by atoms with van der Waals surface area (Å²) in [6.45, 7) is 1.61. The number of amides is 2. The number of hydrogen-bond acceptors (Lipinski definition) is 3. The first-order valence-corrected chi connectivity index (χ1v) is 8.38. The van der Waals surface area contributed by atoms with Crippen molar-refractivity contribution in [2.75, 3.05) is 6.54 Å². The molecule has 136 valence electrons. The van der Waals surface area contributed by atoms with Gasteiger partial charge in [-0.3, -0.25) is 9.59 Å². The third kappa shape index (κ3) is 3.81. The van der Waals surface area contributed by atoms with Gasteiger partial charge in [0.15, 0.2) is 0 Å². The highest BCUT2D eigenvalue weighted by Crippen LogP contribution is 2.52. The van der Waals surface area contributed by atoms with E-state index in [9.17, 15) is 23.5 Å². The number of aliphatic hydroxyl groups is 1. The number of alkyl halides is 2. The van der Waals surface area contributed by atoms with Gasteiger partial charge in [0.05, 0.1) is 11.5 Å².